The van der Waals surface area contributed by atoms with Crippen LogP contribution in [0.25, 0.3) is 0 Å². The van der Waals surface area contributed by atoms with Gasteiger partial charge in [0.2, 0.25) is 12.8 Å². The van der Waals surface area contributed by atoms with Crippen molar-refractivity contribution in [2.45, 2.75) is 57.6 Å². The number of carbonyl (C=O) groups is 2. The maximum absolute atomic E-state index is 9.44. The van der Waals surface area contributed by atoms with Gasteiger partial charge in [0.15, 0.2) is 0 Å². The predicted octanol–water partition coefficient (Wildman–Crippen LogP) is 2.96. The summed E-state index contributed by atoms with van der Waals surface area (Å²) in [6.45, 7) is 11.9. The summed E-state index contributed by atoms with van der Waals surface area (Å²) < 4.78 is 15.2. The minimum Gasteiger partial charge on any atom is -0.400 e. The summed E-state index contributed by atoms with van der Waals surface area (Å²) in [5.41, 5.74) is 0. The number of allylic oxidation sites excluding steroid dienone is 1. The number of ether oxygens (including phenoxy) is 1. The van der Waals surface area contributed by atoms with E-state index in [1.54, 1.807) is 5.32 Å². The molecule has 0 aliphatic carbocycles. The number of hydrogen-bond acceptors (Lipinski definition) is 6. The minimum absolute atomic E-state index is 0.0764. The Morgan fingerprint density at radius 1 is 1.19 bits per heavy atom. The highest BCUT2D eigenvalue weighted by atomic mass is 32.3. The third-order valence-corrected chi connectivity index (χ3v) is 6.76. The van der Waals surface area contributed by atoms with Gasteiger partial charge in [0.25, 0.3) is 0 Å². The molecule has 0 bridgehead atoms. The zero-order valence-corrected chi connectivity index (χ0v) is 19.0. The monoisotopic (exact) mass is 408 g/mol. The molecule has 2 atom stereocenters. The molecule has 0 saturated carbocycles. The fraction of sp³-hybridized carbons (Fsp3) is 0.684. The first-order valence-corrected chi connectivity index (χ1v) is 11.0. The number of carbonyl (C=O) groups excluding carboxylic acids is 2. The van der Waals surface area contributed by atoms with E-state index >= 15 is 0 Å². The Hall–Kier alpha value is -1.35. The molecule has 0 aromatic carbocycles. The van der Waals surface area contributed by atoms with Crippen LogP contribution in [0.15, 0.2) is 24.9 Å². The van der Waals surface area contributed by atoms with Crippen LogP contribution in [0.2, 0.25) is 0 Å². The smallest absolute Gasteiger partial charge is 0.213 e. The van der Waals surface area contributed by atoms with Crippen LogP contribution in [0.4, 0.5) is 0 Å². The lowest BCUT2D eigenvalue weighted by Gasteiger charge is -2.38. The van der Waals surface area contributed by atoms with Crippen LogP contribution in [0.1, 0.15) is 40.5 Å². The largest absolute Gasteiger partial charge is 0.400 e. The number of nitrogens with zero attached hydrogens (tertiary/aromatic N) is 1. The first-order valence-electron chi connectivity index (χ1n) is 8.60. The molecule has 0 aromatic rings. The van der Waals surface area contributed by atoms with E-state index in [0.717, 1.165) is 20.0 Å². The van der Waals surface area contributed by atoms with E-state index in [2.05, 4.69) is 32.3 Å². The molecule has 1 heterocycles. The Balaban J connectivity index is -0.000000334. The average molecular weight is 409 g/mol. The van der Waals surface area contributed by atoms with Gasteiger partial charge in [0.05, 0.1) is 6.10 Å². The molecule has 162 valence electrons. The van der Waals surface area contributed by atoms with Gasteiger partial charge in [0, 0.05) is 18.9 Å². The molecule has 7 nitrogen and oxygen atoms in total. The number of nitrogens with one attached hydrogen (secondary N) is 1. The van der Waals surface area contributed by atoms with Gasteiger partial charge >= 0.3 is 0 Å². The molecule has 27 heavy (non-hydrogen) atoms. The molecule has 2 amide bonds. The number of rotatable bonds is 5. The van der Waals surface area contributed by atoms with Crippen molar-refractivity contribution in [1.82, 2.24) is 10.2 Å². The number of amides is 2. The molecule has 0 radical (unpaired) electrons. The third kappa shape index (κ3) is 16.5. The standard InChI is InChI=1S/C10H17NO.C6H16OS.C2H3NO2.CH4O/c1-4-8-11(3)10-7-6-9(5-2)12-10;1-6(2,3)8(4,5)7;4-1-3-2-5;1-2/h4-5,8-10H,2,6-7H2,1,3H3;7H,1-5H3;1-2H,(H,3,4,5);2H,1H3/b8-4-;;;. The lowest BCUT2D eigenvalue weighted by Crippen LogP contribution is -2.26. The Bertz CT molecular complexity index is 399. The summed E-state index contributed by atoms with van der Waals surface area (Å²) in [6.07, 6.45) is 13.1. The fourth-order valence-electron chi connectivity index (χ4n) is 1.48. The van der Waals surface area contributed by atoms with E-state index in [0.29, 0.717) is 12.8 Å². The van der Waals surface area contributed by atoms with Gasteiger partial charge in [-0.25, -0.2) is 0 Å². The van der Waals surface area contributed by atoms with E-state index in [1.807, 2.05) is 44.8 Å². The first kappa shape index (κ1) is 30.4. The number of aliphatic hydroxyl groups is 1. The van der Waals surface area contributed by atoms with Crippen LogP contribution in [0.5, 0.6) is 0 Å². The quantitative estimate of drug-likeness (QED) is 0.478. The van der Waals surface area contributed by atoms with Crippen LogP contribution >= 0.6 is 10.3 Å². The molecule has 1 saturated heterocycles. The zero-order chi connectivity index (χ0) is 22.1. The fourth-order valence-corrected chi connectivity index (χ4v) is 1.48. The van der Waals surface area contributed by atoms with Crippen molar-refractivity contribution in [3.63, 3.8) is 0 Å². The number of hydrogen-bond donors (Lipinski definition) is 3. The topological polar surface area (TPSA) is 99.1 Å². The van der Waals surface area contributed by atoms with Crippen molar-refractivity contribution in [2.75, 3.05) is 26.7 Å². The molecule has 1 fully saturated rings. The predicted molar refractivity (Wildman–Crippen MR) is 116 cm³/mol. The van der Waals surface area contributed by atoms with Crippen molar-refractivity contribution in [2.24, 2.45) is 0 Å². The van der Waals surface area contributed by atoms with E-state index < -0.39 is 10.3 Å². The molecule has 8 heteroatoms. The van der Waals surface area contributed by atoms with E-state index in [-0.39, 0.29) is 17.1 Å². The van der Waals surface area contributed by atoms with Gasteiger partial charge < -0.3 is 24.6 Å². The van der Waals surface area contributed by atoms with Crippen molar-refractivity contribution < 1.29 is 24.0 Å². The SMILES string of the molecule is C=CC1CCC(N(C)/C=C\C)O1.CC(C)(C)S(C)(C)O.CO.O=CNC=O. The molecule has 0 aromatic heterocycles. The zero-order valence-electron chi connectivity index (χ0n) is 18.1. The van der Waals surface area contributed by atoms with Gasteiger partial charge in [-0.1, -0.05) is 32.9 Å². The highest BCUT2D eigenvalue weighted by Crippen LogP contribution is 2.48. The Morgan fingerprint density at radius 2 is 1.63 bits per heavy atom. The Morgan fingerprint density at radius 3 is 1.85 bits per heavy atom. The van der Waals surface area contributed by atoms with Crippen molar-refractivity contribution in [3.05, 3.63) is 24.9 Å². The maximum Gasteiger partial charge on any atom is 0.213 e. The van der Waals surface area contributed by atoms with Crippen LogP contribution in [-0.4, -0.2) is 71.1 Å². The molecular formula is C19H40N2O5S. The molecule has 1 rings (SSSR count). The molecule has 1 aliphatic rings. The van der Waals surface area contributed by atoms with Gasteiger partial charge in [0.1, 0.15) is 6.23 Å². The van der Waals surface area contributed by atoms with Gasteiger partial charge in [-0.05, 0) is 38.5 Å². The van der Waals surface area contributed by atoms with Gasteiger partial charge in [-0.2, -0.15) is 0 Å². The average Bonchev–Trinajstić information content (AvgIpc) is 3.06. The minimum atomic E-state index is -1.34. The lowest BCUT2D eigenvalue weighted by molar-refractivity contribution is -0.117. The summed E-state index contributed by atoms with van der Waals surface area (Å²) in [5.74, 6) is 0. The summed E-state index contributed by atoms with van der Waals surface area (Å²) in [6, 6.07) is 0. The Kier molecular flexibility index (Phi) is 18.9. The normalized spacial score (nSPS) is 19.2. The van der Waals surface area contributed by atoms with E-state index in [9.17, 15) is 4.55 Å². The summed E-state index contributed by atoms with van der Waals surface area (Å²) >= 11 is 0. The van der Waals surface area contributed by atoms with Crippen LogP contribution in [-0.2, 0) is 14.3 Å². The Labute approximate surface area is 167 Å². The third-order valence-electron chi connectivity index (χ3n) is 3.77. The molecule has 0 spiro atoms. The summed E-state index contributed by atoms with van der Waals surface area (Å²) in [7, 11) is 1.70. The second-order valence-electron chi connectivity index (χ2n) is 6.88. The molecular weight excluding hydrogens is 368 g/mol. The summed E-state index contributed by atoms with van der Waals surface area (Å²) in [5, 5.41) is 8.75. The molecule has 2 unspecified atom stereocenters. The number of imide groups is 1. The summed E-state index contributed by atoms with van der Waals surface area (Å²) in [4.78, 5) is 20.2. The van der Waals surface area contributed by atoms with Crippen LogP contribution in [0.3, 0.4) is 0 Å². The molecule has 1 aliphatic heterocycles. The second kappa shape index (κ2) is 16.8. The lowest BCUT2D eigenvalue weighted by atomic mass is 10.2. The highest BCUT2D eigenvalue weighted by molar-refractivity contribution is 8.29. The highest BCUT2D eigenvalue weighted by Gasteiger charge is 2.25. The van der Waals surface area contributed by atoms with Crippen LogP contribution in [0, 0.1) is 0 Å². The van der Waals surface area contributed by atoms with Crippen molar-refractivity contribution >= 4 is 23.1 Å². The van der Waals surface area contributed by atoms with E-state index in [1.165, 1.54) is 0 Å². The van der Waals surface area contributed by atoms with Crippen molar-refractivity contribution in [3.8, 4) is 0 Å². The number of aliphatic hydroxyl groups excluding tert-OH is 1. The van der Waals surface area contributed by atoms with Gasteiger partial charge in [-0.3, -0.25) is 9.59 Å². The van der Waals surface area contributed by atoms with E-state index in [4.69, 9.17) is 19.4 Å². The maximum atomic E-state index is 9.44. The van der Waals surface area contributed by atoms with Gasteiger partial charge in [-0.15, -0.1) is 16.9 Å². The first-order chi connectivity index (χ1) is 12.4. The molecule has 3 N–H and O–H groups in total. The second-order valence-corrected chi connectivity index (χ2v) is 10.6. The van der Waals surface area contributed by atoms with Crippen LogP contribution < -0.4 is 5.32 Å². The van der Waals surface area contributed by atoms with Crippen molar-refractivity contribution in [1.29, 1.82) is 0 Å².